The van der Waals surface area contributed by atoms with Crippen LogP contribution in [-0.2, 0) is 9.53 Å². The molecule has 5 heteroatoms. The second-order valence-corrected chi connectivity index (χ2v) is 3.99. The molecule has 0 radical (unpaired) electrons. The molecule has 0 unspecified atom stereocenters. The standard InChI is InChI=1S/C10H18N2O2S/c1-2-14-9(13)4-3-7-11-10(15)12-8-5-6-8/h8H,2-7H2,1H3,(H2,11,12,15). The zero-order chi connectivity index (χ0) is 11.1. The molecule has 0 spiro atoms. The Labute approximate surface area is 95.8 Å². The van der Waals surface area contributed by atoms with Crippen molar-refractivity contribution in [2.24, 2.45) is 0 Å². The minimum absolute atomic E-state index is 0.139. The minimum atomic E-state index is -0.139. The minimum Gasteiger partial charge on any atom is -0.466 e. The highest BCUT2D eigenvalue weighted by Crippen LogP contribution is 2.18. The molecule has 2 N–H and O–H groups in total. The summed E-state index contributed by atoms with van der Waals surface area (Å²) < 4.78 is 4.81. The van der Waals surface area contributed by atoms with E-state index in [0.717, 1.165) is 13.0 Å². The van der Waals surface area contributed by atoms with Crippen molar-refractivity contribution in [2.75, 3.05) is 13.2 Å². The Hall–Kier alpha value is -0.840. The number of carbonyl (C=O) groups is 1. The van der Waals surface area contributed by atoms with Crippen molar-refractivity contribution in [3.63, 3.8) is 0 Å². The number of hydrogen-bond donors (Lipinski definition) is 2. The molecular weight excluding hydrogens is 212 g/mol. The molecule has 0 aromatic carbocycles. The molecule has 86 valence electrons. The second kappa shape index (κ2) is 6.61. The summed E-state index contributed by atoms with van der Waals surface area (Å²) in [6.45, 7) is 2.98. The lowest BCUT2D eigenvalue weighted by Crippen LogP contribution is -2.37. The second-order valence-electron chi connectivity index (χ2n) is 3.58. The van der Waals surface area contributed by atoms with E-state index in [4.69, 9.17) is 17.0 Å². The Morgan fingerprint density at radius 2 is 2.27 bits per heavy atom. The Bertz CT molecular complexity index is 229. The van der Waals surface area contributed by atoms with E-state index in [-0.39, 0.29) is 5.97 Å². The average Bonchev–Trinajstić information content (AvgIpc) is 2.97. The van der Waals surface area contributed by atoms with E-state index in [9.17, 15) is 4.79 Å². The Morgan fingerprint density at radius 3 is 2.87 bits per heavy atom. The number of carbonyl (C=O) groups excluding carboxylic acids is 1. The third-order valence-corrected chi connectivity index (χ3v) is 2.32. The quantitative estimate of drug-likeness (QED) is 0.404. The third kappa shape index (κ3) is 6.28. The summed E-state index contributed by atoms with van der Waals surface area (Å²) >= 11 is 5.06. The van der Waals surface area contributed by atoms with E-state index in [2.05, 4.69) is 10.6 Å². The smallest absolute Gasteiger partial charge is 0.305 e. The van der Waals surface area contributed by atoms with Gasteiger partial charge in [-0.2, -0.15) is 0 Å². The topological polar surface area (TPSA) is 50.4 Å². The van der Waals surface area contributed by atoms with Crippen LogP contribution in [0.15, 0.2) is 0 Å². The first-order valence-corrected chi connectivity index (χ1v) is 5.83. The molecule has 0 aromatic rings. The highest BCUT2D eigenvalue weighted by atomic mass is 32.1. The van der Waals surface area contributed by atoms with Crippen molar-refractivity contribution in [2.45, 2.75) is 38.6 Å². The molecule has 0 amide bonds. The van der Waals surface area contributed by atoms with Crippen LogP contribution < -0.4 is 10.6 Å². The summed E-state index contributed by atoms with van der Waals surface area (Å²) in [5.74, 6) is -0.139. The molecule has 0 heterocycles. The fraction of sp³-hybridized carbons (Fsp3) is 0.800. The molecule has 0 aromatic heterocycles. The van der Waals surface area contributed by atoms with Gasteiger partial charge in [-0.1, -0.05) is 0 Å². The highest BCUT2D eigenvalue weighted by Gasteiger charge is 2.21. The summed E-state index contributed by atoms with van der Waals surface area (Å²) in [6.07, 6.45) is 3.63. The van der Waals surface area contributed by atoms with Crippen molar-refractivity contribution in [1.29, 1.82) is 0 Å². The number of nitrogens with one attached hydrogen (secondary N) is 2. The van der Waals surface area contributed by atoms with Gasteiger partial charge in [-0.15, -0.1) is 0 Å². The summed E-state index contributed by atoms with van der Waals surface area (Å²) in [5, 5.41) is 6.93. The number of thiocarbonyl (C=S) groups is 1. The van der Waals surface area contributed by atoms with Crippen LogP contribution in [0.4, 0.5) is 0 Å². The van der Waals surface area contributed by atoms with E-state index >= 15 is 0 Å². The van der Waals surface area contributed by atoms with Crippen LogP contribution in [0, 0.1) is 0 Å². The molecule has 0 bridgehead atoms. The fourth-order valence-corrected chi connectivity index (χ4v) is 1.40. The summed E-state index contributed by atoms with van der Waals surface area (Å²) in [6, 6.07) is 0.579. The van der Waals surface area contributed by atoms with Crippen molar-refractivity contribution in [1.82, 2.24) is 10.6 Å². The first-order valence-electron chi connectivity index (χ1n) is 5.42. The summed E-state index contributed by atoms with van der Waals surface area (Å²) in [7, 11) is 0. The molecule has 0 saturated heterocycles. The third-order valence-electron chi connectivity index (χ3n) is 2.06. The number of hydrogen-bond acceptors (Lipinski definition) is 3. The number of rotatable bonds is 6. The van der Waals surface area contributed by atoms with Crippen LogP contribution in [-0.4, -0.2) is 30.3 Å². The van der Waals surface area contributed by atoms with Crippen molar-refractivity contribution in [3.05, 3.63) is 0 Å². The van der Waals surface area contributed by atoms with Gasteiger partial charge in [-0.25, -0.2) is 0 Å². The van der Waals surface area contributed by atoms with Crippen LogP contribution in [0.3, 0.4) is 0 Å². The van der Waals surface area contributed by atoms with Gasteiger partial charge in [-0.3, -0.25) is 4.79 Å². The first-order chi connectivity index (χ1) is 7.22. The normalized spacial score (nSPS) is 14.5. The largest absolute Gasteiger partial charge is 0.466 e. The van der Waals surface area contributed by atoms with Gasteiger partial charge in [0.15, 0.2) is 5.11 Å². The van der Waals surface area contributed by atoms with Crippen LogP contribution in [0.25, 0.3) is 0 Å². The molecule has 1 saturated carbocycles. The van der Waals surface area contributed by atoms with Gasteiger partial charge in [-0.05, 0) is 38.4 Å². The van der Waals surface area contributed by atoms with E-state index < -0.39 is 0 Å². The maximum Gasteiger partial charge on any atom is 0.305 e. The zero-order valence-electron chi connectivity index (χ0n) is 9.04. The van der Waals surface area contributed by atoms with Gasteiger partial charge in [0, 0.05) is 19.0 Å². The first kappa shape index (κ1) is 12.2. The Kier molecular flexibility index (Phi) is 5.39. The lowest BCUT2D eigenvalue weighted by molar-refractivity contribution is -0.143. The van der Waals surface area contributed by atoms with E-state index in [1.165, 1.54) is 12.8 Å². The molecule has 1 rings (SSSR count). The zero-order valence-corrected chi connectivity index (χ0v) is 9.86. The van der Waals surface area contributed by atoms with Gasteiger partial charge in [0.1, 0.15) is 0 Å². The molecule has 0 atom stereocenters. The van der Waals surface area contributed by atoms with Crippen LogP contribution in [0.2, 0.25) is 0 Å². The molecule has 1 aliphatic carbocycles. The monoisotopic (exact) mass is 230 g/mol. The van der Waals surface area contributed by atoms with Gasteiger partial charge in [0.05, 0.1) is 6.61 Å². The summed E-state index contributed by atoms with van der Waals surface area (Å²) in [5.41, 5.74) is 0. The van der Waals surface area contributed by atoms with E-state index in [1.54, 1.807) is 0 Å². The van der Waals surface area contributed by atoms with Crippen LogP contribution >= 0.6 is 12.2 Å². The maximum absolute atomic E-state index is 11.0. The molecule has 1 fully saturated rings. The molecule has 0 aliphatic heterocycles. The average molecular weight is 230 g/mol. The Morgan fingerprint density at radius 1 is 1.53 bits per heavy atom. The number of esters is 1. The van der Waals surface area contributed by atoms with Gasteiger partial charge in [0.2, 0.25) is 0 Å². The summed E-state index contributed by atoms with van der Waals surface area (Å²) in [4.78, 5) is 11.0. The number of ether oxygens (including phenoxy) is 1. The fourth-order valence-electron chi connectivity index (χ4n) is 1.13. The lowest BCUT2D eigenvalue weighted by atomic mass is 10.3. The molecule has 1 aliphatic rings. The molecule has 4 nitrogen and oxygen atoms in total. The highest BCUT2D eigenvalue weighted by molar-refractivity contribution is 7.80. The van der Waals surface area contributed by atoms with Gasteiger partial charge in [0.25, 0.3) is 0 Å². The van der Waals surface area contributed by atoms with Crippen LogP contribution in [0.5, 0.6) is 0 Å². The van der Waals surface area contributed by atoms with Gasteiger partial charge < -0.3 is 15.4 Å². The predicted octanol–water partition coefficient (Wildman–Crippen LogP) is 0.956. The maximum atomic E-state index is 11.0. The SMILES string of the molecule is CCOC(=O)CCCNC(=S)NC1CC1. The Balaban J connectivity index is 1.91. The van der Waals surface area contributed by atoms with Crippen LogP contribution in [0.1, 0.15) is 32.6 Å². The van der Waals surface area contributed by atoms with Gasteiger partial charge >= 0.3 is 5.97 Å². The molecule has 15 heavy (non-hydrogen) atoms. The molecular formula is C10H18N2O2S. The lowest BCUT2D eigenvalue weighted by Gasteiger charge is -2.08. The van der Waals surface area contributed by atoms with Crippen molar-refractivity contribution >= 4 is 23.3 Å². The van der Waals surface area contributed by atoms with E-state index in [1.807, 2.05) is 6.92 Å². The van der Waals surface area contributed by atoms with E-state index in [0.29, 0.717) is 24.2 Å². The van der Waals surface area contributed by atoms with Crippen molar-refractivity contribution in [3.8, 4) is 0 Å². The predicted molar refractivity (Wildman–Crippen MR) is 62.6 cm³/mol. The van der Waals surface area contributed by atoms with Crippen molar-refractivity contribution < 1.29 is 9.53 Å².